The maximum Gasteiger partial charge on any atom is 0.244 e. The second kappa shape index (κ2) is 9.59. The summed E-state index contributed by atoms with van der Waals surface area (Å²) in [6, 6.07) is 13.8. The Hall–Kier alpha value is -2.54. The fraction of sp³-hybridized carbons (Fsp3) is 0.381. The summed E-state index contributed by atoms with van der Waals surface area (Å²) in [5.74, 6) is 0.404. The molecular weight excluding hydrogens is 376 g/mol. The smallest absolute Gasteiger partial charge is 0.244 e. The third kappa shape index (κ3) is 5.99. The standard InChI is InChI=1S/C21H28N2O4S/c1-5-20(23(28(4,25)26)18-9-7-6-8-10-18)21(24)22-11-12-27-19-14-16(2)13-17(3)15-19/h6-10,13-15,20H,5,11-12H2,1-4H3,(H,22,24)/t20-/m1/s1. The Morgan fingerprint density at radius 3 is 2.25 bits per heavy atom. The Morgan fingerprint density at radius 1 is 1.11 bits per heavy atom. The molecule has 0 bridgehead atoms. The lowest BCUT2D eigenvalue weighted by molar-refractivity contribution is -0.122. The number of benzene rings is 2. The molecule has 0 heterocycles. The summed E-state index contributed by atoms with van der Waals surface area (Å²) in [7, 11) is -3.62. The van der Waals surface area contributed by atoms with Crippen molar-refractivity contribution in [1.82, 2.24) is 5.32 Å². The van der Waals surface area contributed by atoms with Gasteiger partial charge in [-0.1, -0.05) is 31.2 Å². The number of amides is 1. The van der Waals surface area contributed by atoms with Crippen molar-refractivity contribution < 1.29 is 17.9 Å². The van der Waals surface area contributed by atoms with E-state index in [1.807, 2.05) is 26.0 Å². The van der Waals surface area contributed by atoms with Crippen LogP contribution in [-0.2, 0) is 14.8 Å². The van der Waals surface area contributed by atoms with Gasteiger partial charge in [-0.2, -0.15) is 0 Å². The minimum Gasteiger partial charge on any atom is -0.492 e. The van der Waals surface area contributed by atoms with Gasteiger partial charge in [0.05, 0.1) is 18.5 Å². The van der Waals surface area contributed by atoms with Crippen molar-refractivity contribution in [3.8, 4) is 5.75 Å². The topological polar surface area (TPSA) is 75.7 Å². The summed E-state index contributed by atoms with van der Waals surface area (Å²) in [5.41, 5.74) is 2.69. The number of hydrogen-bond donors (Lipinski definition) is 1. The zero-order valence-corrected chi connectivity index (χ0v) is 17.6. The van der Waals surface area contributed by atoms with Crippen LogP contribution < -0.4 is 14.4 Å². The fourth-order valence-corrected chi connectivity index (χ4v) is 4.32. The van der Waals surface area contributed by atoms with E-state index in [9.17, 15) is 13.2 Å². The van der Waals surface area contributed by atoms with Gasteiger partial charge in [0.1, 0.15) is 18.4 Å². The average molecular weight is 405 g/mol. The molecule has 2 aromatic carbocycles. The van der Waals surface area contributed by atoms with Crippen LogP contribution in [-0.4, -0.2) is 39.8 Å². The van der Waals surface area contributed by atoms with E-state index in [1.165, 1.54) is 4.31 Å². The Labute approximate surface area is 167 Å². The maximum atomic E-state index is 12.7. The summed E-state index contributed by atoms with van der Waals surface area (Å²) < 4.78 is 31.5. The maximum absolute atomic E-state index is 12.7. The first-order valence-corrected chi connectivity index (χ1v) is 11.1. The highest BCUT2D eigenvalue weighted by atomic mass is 32.2. The third-order valence-electron chi connectivity index (χ3n) is 4.21. The number of nitrogens with one attached hydrogen (secondary N) is 1. The van der Waals surface area contributed by atoms with Crippen molar-refractivity contribution in [1.29, 1.82) is 0 Å². The van der Waals surface area contributed by atoms with Gasteiger partial charge in [0.25, 0.3) is 0 Å². The second-order valence-electron chi connectivity index (χ2n) is 6.78. The molecule has 1 atom stereocenters. The molecule has 0 spiro atoms. The third-order valence-corrected chi connectivity index (χ3v) is 5.39. The molecule has 152 valence electrons. The monoisotopic (exact) mass is 404 g/mol. The van der Waals surface area contributed by atoms with E-state index in [-0.39, 0.29) is 12.5 Å². The average Bonchev–Trinajstić information content (AvgIpc) is 2.62. The van der Waals surface area contributed by atoms with Gasteiger partial charge in [0, 0.05) is 0 Å². The van der Waals surface area contributed by atoms with Crippen LogP contribution in [0.4, 0.5) is 5.69 Å². The van der Waals surface area contributed by atoms with Crippen molar-refractivity contribution in [2.24, 2.45) is 0 Å². The molecule has 28 heavy (non-hydrogen) atoms. The number of carbonyl (C=O) groups excluding carboxylic acids is 1. The highest BCUT2D eigenvalue weighted by Crippen LogP contribution is 2.22. The summed E-state index contributed by atoms with van der Waals surface area (Å²) in [4.78, 5) is 12.7. The van der Waals surface area contributed by atoms with Gasteiger partial charge in [0.2, 0.25) is 15.9 Å². The first-order chi connectivity index (χ1) is 13.2. The number of rotatable bonds is 9. The number of nitrogens with zero attached hydrogens (tertiary/aromatic N) is 1. The molecule has 0 aliphatic rings. The predicted octanol–water partition coefficient (Wildman–Crippen LogP) is 3.04. The molecular formula is C21H28N2O4S. The number of ether oxygens (including phenoxy) is 1. The second-order valence-corrected chi connectivity index (χ2v) is 8.64. The molecule has 0 saturated carbocycles. The number of carbonyl (C=O) groups is 1. The molecule has 0 aliphatic carbocycles. The summed E-state index contributed by atoms with van der Waals surface area (Å²) in [6.07, 6.45) is 1.46. The van der Waals surface area contributed by atoms with E-state index in [0.717, 1.165) is 23.1 Å². The van der Waals surface area contributed by atoms with Crippen molar-refractivity contribution in [3.63, 3.8) is 0 Å². The van der Waals surface area contributed by atoms with Crippen LogP contribution in [0.15, 0.2) is 48.5 Å². The van der Waals surface area contributed by atoms with Crippen LogP contribution in [0.3, 0.4) is 0 Å². The highest BCUT2D eigenvalue weighted by molar-refractivity contribution is 7.92. The van der Waals surface area contributed by atoms with Gasteiger partial charge < -0.3 is 10.1 Å². The molecule has 0 aromatic heterocycles. The Balaban J connectivity index is 2.01. The Morgan fingerprint density at radius 2 is 1.71 bits per heavy atom. The molecule has 2 aromatic rings. The van der Waals surface area contributed by atoms with Gasteiger partial charge in [-0.3, -0.25) is 9.10 Å². The molecule has 0 saturated heterocycles. The van der Waals surface area contributed by atoms with Gasteiger partial charge in [-0.15, -0.1) is 0 Å². The number of para-hydroxylation sites is 1. The van der Waals surface area contributed by atoms with Crippen LogP contribution in [0.5, 0.6) is 5.75 Å². The van der Waals surface area contributed by atoms with E-state index in [0.29, 0.717) is 18.7 Å². The lowest BCUT2D eigenvalue weighted by Gasteiger charge is -2.30. The molecule has 0 radical (unpaired) electrons. The molecule has 1 N–H and O–H groups in total. The van der Waals surface area contributed by atoms with Crippen molar-refractivity contribution in [2.75, 3.05) is 23.7 Å². The lowest BCUT2D eigenvalue weighted by atomic mass is 10.1. The summed E-state index contributed by atoms with van der Waals surface area (Å²) >= 11 is 0. The van der Waals surface area contributed by atoms with Gasteiger partial charge in [-0.25, -0.2) is 8.42 Å². The van der Waals surface area contributed by atoms with Crippen LogP contribution in [0, 0.1) is 13.8 Å². The highest BCUT2D eigenvalue weighted by Gasteiger charge is 2.31. The molecule has 6 nitrogen and oxygen atoms in total. The molecule has 1 amide bonds. The zero-order valence-electron chi connectivity index (χ0n) is 16.8. The summed E-state index contributed by atoms with van der Waals surface area (Å²) in [5, 5.41) is 2.79. The predicted molar refractivity (Wildman–Crippen MR) is 112 cm³/mol. The van der Waals surface area contributed by atoms with Crippen LogP contribution in [0.25, 0.3) is 0 Å². The first-order valence-electron chi connectivity index (χ1n) is 9.25. The molecule has 2 rings (SSSR count). The molecule has 7 heteroatoms. The number of sulfonamides is 1. The Bertz CT molecular complexity index is 878. The Kier molecular flexibility index (Phi) is 7.45. The normalized spacial score (nSPS) is 12.3. The van der Waals surface area contributed by atoms with Gasteiger partial charge >= 0.3 is 0 Å². The van der Waals surface area contributed by atoms with Gasteiger partial charge in [0.15, 0.2) is 0 Å². The van der Waals surface area contributed by atoms with E-state index >= 15 is 0 Å². The zero-order chi connectivity index (χ0) is 20.7. The molecule has 0 fully saturated rings. The van der Waals surface area contributed by atoms with Crippen molar-refractivity contribution >= 4 is 21.6 Å². The van der Waals surface area contributed by atoms with E-state index in [1.54, 1.807) is 37.3 Å². The molecule has 0 unspecified atom stereocenters. The fourth-order valence-electron chi connectivity index (χ4n) is 3.11. The van der Waals surface area contributed by atoms with Crippen LogP contribution in [0.1, 0.15) is 24.5 Å². The van der Waals surface area contributed by atoms with Crippen molar-refractivity contribution in [2.45, 2.75) is 33.2 Å². The minimum absolute atomic E-state index is 0.286. The first kappa shape index (κ1) is 21.8. The van der Waals surface area contributed by atoms with E-state index < -0.39 is 16.1 Å². The van der Waals surface area contributed by atoms with Crippen LogP contribution in [0.2, 0.25) is 0 Å². The number of anilines is 1. The number of hydrogen-bond acceptors (Lipinski definition) is 4. The van der Waals surface area contributed by atoms with Gasteiger partial charge in [-0.05, 0) is 55.7 Å². The lowest BCUT2D eigenvalue weighted by Crippen LogP contribution is -2.49. The summed E-state index contributed by atoms with van der Waals surface area (Å²) in [6.45, 7) is 6.37. The van der Waals surface area contributed by atoms with E-state index in [4.69, 9.17) is 4.74 Å². The SMILES string of the molecule is CC[C@H](C(=O)NCCOc1cc(C)cc(C)c1)N(c1ccccc1)S(C)(=O)=O. The number of aryl methyl sites for hydroxylation is 2. The largest absolute Gasteiger partial charge is 0.492 e. The minimum atomic E-state index is -3.62. The van der Waals surface area contributed by atoms with E-state index in [2.05, 4.69) is 11.4 Å². The van der Waals surface area contributed by atoms with Crippen LogP contribution >= 0.6 is 0 Å². The van der Waals surface area contributed by atoms with Crippen molar-refractivity contribution in [3.05, 3.63) is 59.7 Å². The molecule has 0 aliphatic heterocycles. The quantitative estimate of drug-likeness (QED) is 0.652.